The summed E-state index contributed by atoms with van der Waals surface area (Å²) in [7, 11) is 1.66. The lowest BCUT2D eigenvalue weighted by atomic mass is 10.1. The smallest absolute Gasteiger partial charge is 0.123 e. The van der Waals surface area contributed by atoms with Crippen LogP contribution >= 0.6 is 0 Å². The van der Waals surface area contributed by atoms with Gasteiger partial charge in [-0.2, -0.15) is 0 Å². The van der Waals surface area contributed by atoms with Crippen LogP contribution in [0.2, 0.25) is 0 Å². The van der Waals surface area contributed by atoms with Crippen molar-refractivity contribution in [3.63, 3.8) is 0 Å². The third-order valence-electron chi connectivity index (χ3n) is 3.31. The van der Waals surface area contributed by atoms with E-state index in [4.69, 9.17) is 9.47 Å². The summed E-state index contributed by atoms with van der Waals surface area (Å²) in [5.41, 5.74) is 2.83. The maximum Gasteiger partial charge on any atom is 0.123 e. The average molecular weight is 274 g/mol. The monoisotopic (exact) mass is 274 g/mol. The Morgan fingerprint density at radius 3 is 2.55 bits per heavy atom. The van der Waals surface area contributed by atoms with Gasteiger partial charge < -0.3 is 9.47 Å². The molecule has 20 heavy (non-hydrogen) atoms. The Bertz CT molecular complexity index is 458. The van der Waals surface area contributed by atoms with Gasteiger partial charge in [0.2, 0.25) is 0 Å². The van der Waals surface area contributed by atoms with Crippen LogP contribution in [-0.4, -0.2) is 13.7 Å². The molecule has 0 fully saturated rings. The maximum atomic E-state index is 5.70. The van der Waals surface area contributed by atoms with Crippen molar-refractivity contribution in [3.05, 3.63) is 47.6 Å². The molecule has 110 valence electrons. The first-order chi connectivity index (χ1) is 9.65. The first-order valence-corrected chi connectivity index (χ1v) is 7.23. The molecule has 0 saturated carbocycles. The van der Waals surface area contributed by atoms with E-state index in [1.54, 1.807) is 7.11 Å². The van der Waals surface area contributed by atoms with Crippen LogP contribution in [0.5, 0.6) is 11.5 Å². The van der Waals surface area contributed by atoms with Gasteiger partial charge in [0, 0.05) is 6.07 Å². The molecular weight excluding hydrogens is 248 g/mol. The van der Waals surface area contributed by atoms with Gasteiger partial charge in [0.05, 0.1) is 7.11 Å². The summed E-state index contributed by atoms with van der Waals surface area (Å²) >= 11 is 0. The van der Waals surface area contributed by atoms with Crippen molar-refractivity contribution in [1.29, 1.82) is 0 Å². The van der Waals surface area contributed by atoms with E-state index < -0.39 is 0 Å². The predicted octanol–water partition coefficient (Wildman–Crippen LogP) is 5.16. The standard InChI is InChI=1S/C18H26O2/c1-5-15(2)8-6-9-16(3)12-13-20-18-11-7-10-17(14-18)19-4/h7-8,10-12,14H,5-6,9,13H2,1-4H3/b15-8-,16-12+. The van der Waals surface area contributed by atoms with Gasteiger partial charge in [-0.3, -0.25) is 0 Å². The van der Waals surface area contributed by atoms with Crippen molar-refractivity contribution in [2.24, 2.45) is 0 Å². The molecule has 0 amide bonds. The number of benzene rings is 1. The van der Waals surface area contributed by atoms with Gasteiger partial charge in [-0.1, -0.05) is 30.2 Å². The fourth-order valence-corrected chi connectivity index (χ4v) is 1.76. The van der Waals surface area contributed by atoms with E-state index >= 15 is 0 Å². The van der Waals surface area contributed by atoms with Gasteiger partial charge in [0.25, 0.3) is 0 Å². The van der Waals surface area contributed by atoms with Gasteiger partial charge in [-0.05, 0) is 51.3 Å². The lowest BCUT2D eigenvalue weighted by Gasteiger charge is -2.06. The van der Waals surface area contributed by atoms with E-state index in [0.717, 1.165) is 30.8 Å². The first kappa shape index (κ1) is 16.4. The summed E-state index contributed by atoms with van der Waals surface area (Å²) in [6, 6.07) is 7.69. The largest absolute Gasteiger partial charge is 0.497 e. The summed E-state index contributed by atoms with van der Waals surface area (Å²) < 4.78 is 10.9. The Balaban J connectivity index is 2.35. The van der Waals surface area contributed by atoms with Crippen LogP contribution in [0, 0.1) is 0 Å². The Hall–Kier alpha value is -1.70. The molecule has 0 bridgehead atoms. The van der Waals surface area contributed by atoms with Crippen LogP contribution in [0.15, 0.2) is 47.6 Å². The zero-order chi connectivity index (χ0) is 14.8. The molecule has 1 rings (SSSR count). The van der Waals surface area contributed by atoms with Crippen LogP contribution in [0.3, 0.4) is 0 Å². The topological polar surface area (TPSA) is 18.5 Å². The van der Waals surface area contributed by atoms with Crippen LogP contribution in [0.4, 0.5) is 0 Å². The average Bonchev–Trinajstić information content (AvgIpc) is 2.47. The Kier molecular flexibility index (Phi) is 7.56. The van der Waals surface area contributed by atoms with Crippen molar-refractivity contribution in [2.45, 2.75) is 40.0 Å². The molecule has 0 saturated heterocycles. The van der Waals surface area contributed by atoms with Crippen LogP contribution < -0.4 is 9.47 Å². The minimum Gasteiger partial charge on any atom is -0.497 e. The number of methoxy groups -OCH3 is 1. The van der Waals surface area contributed by atoms with Crippen molar-refractivity contribution in [1.82, 2.24) is 0 Å². The molecule has 0 heterocycles. The van der Waals surface area contributed by atoms with Gasteiger partial charge in [-0.15, -0.1) is 0 Å². The third-order valence-corrected chi connectivity index (χ3v) is 3.31. The molecule has 1 aromatic rings. The van der Waals surface area contributed by atoms with Crippen molar-refractivity contribution >= 4 is 0 Å². The summed E-state index contributed by atoms with van der Waals surface area (Å²) in [5.74, 6) is 1.67. The number of hydrogen-bond donors (Lipinski definition) is 0. The van der Waals surface area contributed by atoms with Crippen molar-refractivity contribution in [2.75, 3.05) is 13.7 Å². The molecule has 0 spiro atoms. The van der Waals surface area contributed by atoms with E-state index in [1.807, 2.05) is 24.3 Å². The molecule has 0 unspecified atom stereocenters. The highest BCUT2D eigenvalue weighted by Gasteiger charge is 1.96. The minimum atomic E-state index is 0.607. The summed E-state index contributed by atoms with van der Waals surface area (Å²) in [6.07, 6.45) is 7.82. The van der Waals surface area contributed by atoms with Crippen molar-refractivity contribution < 1.29 is 9.47 Å². The molecule has 0 radical (unpaired) electrons. The number of allylic oxidation sites excluding steroid dienone is 3. The highest BCUT2D eigenvalue weighted by Crippen LogP contribution is 2.19. The second-order valence-corrected chi connectivity index (χ2v) is 4.98. The maximum absolute atomic E-state index is 5.70. The van der Waals surface area contributed by atoms with Gasteiger partial charge in [0.15, 0.2) is 0 Å². The molecule has 2 nitrogen and oxygen atoms in total. The lowest BCUT2D eigenvalue weighted by molar-refractivity contribution is 0.355. The van der Waals surface area contributed by atoms with E-state index in [2.05, 4.69) is 32.9 Å². The lowest BCUT2D eigenvalue weighted by Crippen LogP contribution is -1.95. The highest BCUT2D eigenvalue weighted by atomic mass is 16.5. The molecule has 0 aliphatic carbocycles. The van der Waals surface area contributed by atoms with Crippen LogP contribution in [0.1, 0.15) is 40.0 Å². The zero-order valence-corrected chi connectivity index (χ0v) is 13.1. The first-order valence-electron chi connectivity index (χ1n) is 7.23. The highest BCUT2D eigenvalue weighted by molar-refractivity contribution is 5.32. The van der Waals surface area contributed by atoms with Crippen LogP contribution in [0.25, 0.3) is 0 Å². The summed E-state index contributed by atoms with van der Waals surface area (Å²) in [5, 5.41) is 0. The predicted molar refractivity (Wildman–Crippen MR) is 85.5 cm³/mol. The molecule has 0 atom stereocenters. The number of ether oxygens (including phenoxy) is 2. The quantitative estimate of drug-likeness (QED) is 0.610. The zero-order valence-electron chi connectivity index (χ0n) is 13.1. The van der Waals surface area contributed by atoms with Gasteiger partial charge in [-0.25, -0.2) is 0 Å². The molecule has 0 N–H and O–H groups in total. The Morgan fingerprint density at radius 2 is 1.85 bits per heavy atom. The molecule has 0 aliphatic rings. The van der Waals surface area contributed by atoms with E-state index in [0.29, 0.717) is 6.61 Å². The SMILES string of the molecule is CC/C(C)=C\CC/C(C)=C/COc1cccc(OC)c1. The second-order valence-electron chi connectivity index (χ2n) is 4.98. The molecule has 2 heteroatoms. The van der Waals surface area contributed by atoms with Gasteiger partial charge >= 0.3 is 0 Å². The Labute approximate surface area is 123 Å². The fraction of sp³-hybridized carbons (Fsp3) is 0.444. The minimum absolute atomic E-state index is 0.607. The normalized spacial score (nSPS) is 12.4. The summed E-state index contributed by atoms with van der Waals surface area (Å²) in [6.45, 7) is 7.14. The molecule has 0 aliphatic heterocycles. The second kappa shape index (κ2) is 9.24. The number of rotatable bonds is 8. The van der Waals surface area contributed by atoms with Gasteiger partial charge in [0.1, 0.15) is 18.1 Å². The Morgan fingerprint density at radius 1 is 1.10 bits per heavy atom. The molecule has 0 aromatic heterocycles. The fourth-order valence-electron chi connectivity index (χ4n) is 1.76. The van der Waals surface area contributed by atoms with Crippen LogP contribution in [-0.2, 0) is 0 Å². The number of hydrogen-bond acceptors (Lipinski definition) is 2. The summed E-state index contributed by atoms with van der Waals surface area (Å²) in [4.78, 5) is 0. The molecule has 1 aromatic carbocycles. The van der Waals surface area contributed by atoms with E-state index in [1.165, 1.54) is 11.1 Å². The van der Waals surface area contributed by atoms with E-state index in [-0.39, 0.29) is 0 Å². The van der Waals surface area contributed by atoms with Crippen molar-refractivity contribution in [3.8, 4) is 11.5 Å². The molecular formula is C18H26O2. The van der Waals surface area contributed by atoms with E-state index in [9.17, 15) is 0 Å². The third kappa shape index (κ3) is 6.46.